The molecule has 34 heavy (non-hydrogen) atoms. The van der Waals surface area contributed by atoms with Crippen LogP contribution in [0, 0.1) is 19.8 Å². The molecule has 0 atom stereocenters. The number of benzene rings is 2. The number of amides is 1. The van der Waals surface area contributed by atoms with Gasteiger partial charge in [-0.1, -0.05) is 23.8 Å². The molecule has 1 fully saturated rings. The molecular weight excluding hydrogens is 460 g/mol. The highest BCUT2D eigenvalue weighted by Crippen LogP contribution is 2.22. The molecule has 3 rings (SSSR count). The van der Waals surface area contributed by atoms with Crippen molar-refractivity contribution in [1.82, 2.24) is 4.90 Å². The van der Waals surface area contributed by atoms with Gasteiger partial charge in [-0.15, -0.1) is 0 Å². The molecule has 0 radical (unpaired) electrons. The van der Waals surface area contributed by atoms with E-state index in [2.05, 4.69) is 4.72 Å². The summed E-state index contributed by atoms with van der Waals surface area (Å²) >= 11 is 0. The summed E-state index contributed by atoms with van der Waals surface area (Å²) < 4.78 is 38.2. The van der Waals surface area contributed by atoms with Crippen LogP contribution >= 0.6 is 0 Å². The van der Waals surface area contributed by atoms with Gasteiger partial charge < -0.3 is 14.4 Å². The van der Waals surface area contributed by atoms with E-state index in [-0.39, 0.29) is 28.3 Å². The zero-order valence-electron chi connectivity index (χ0n) is 19.4. The number of sulfonamides is 1. The molecule has 182 valence electrons. The Labute approximate surface area is 199 Å². The fraction of sp³-hybridized carbons (Fsp3) is 0.375. The molecule has 0 unspecified atom stereocenters. The minimum Gasteiger partial charge on any atom is -0.469 e. The molecule has 1 amide bonds. The third-order valence-corrected chi connectivity index (χ3v) is 7.25. The molecule has 9 nitrogen and oxygen atoms in total. The second-order valence-electron chi connectivity index (χ2n) is 8.21. The number of nitrogens with zero attached hydrogens (tertiary/aromatic N) is 1. The van der Waals surface area contributed by atoms with E-state index in [1.165, 1.54) is 30.2 Å². The normalized spacial score (nSPS) is 14.4. The zero-order chi connectivity index (χ0) is 24.9. The van der Waals surface area contributed by atoms with Crippen LogP contribution in [0.4, 0.5) is 5.69 Å². The largest absolute Gasteiger partial charge is 0.469 e. The lowest BCUT2D eigenvalue weighted by atomic mass is 9.97. The Hall–Kier alpha value is -3.40. The van der Waals surface area contributed by atoms with E-state index in [1.54, 1.807) is 31.2 Å². The van der Waals surface area contributed by atoms with E-state index in [0.29, 0.717) is 37.2 Å². The van der Waals surface area contributed by atoms with Crippen molar-refractivity contribution in [1.29, 1.82) is 0 Å². The average Bonchev–Trinajstić information content (AvgIpc) is 2.83. The quantitative estimate of drug-likeness (QED) is 0.595. The average molecular weight is 489 g/mol. The molecule has 1 N–H and O–H groups in total. The predicted molar refractivity (Wildman–Crippen MR) is 125 cm³/mol. The number of hydrogen-bond donors (Lipinski definition) is 1. The number of carbonyl (C=O) groups is 3. The second kappa shape index (κ2) is 10.7. The summed E-state index contributed by atoms with van der Waals surface area (Å²) in [5.74, 6) is -1.71. The summed E-state index contributed by atoms with van der Waals surface area (Å²) in [6, 6.07) is 11.1. The first-order valence-electron chi connectivity index (χ1n) is 10.8. The van der Waals surface area contributed by atoms with Crippen LogP contribution in [0.3, 0.4) is 0 Å². The minimum atomic E-state index is -3.95. The van der Waals surface area contributed by atoms with E-state index >= 15 is 0 Å². The zero-order valence-corrected chi connectivity index (χ0v) is 20.2. The number of piperidine rings is 1. The van der Waals surface area contributed by atoms with Crippen LogP contribution in [0.2, 0.25) is 0 Å². The van der Waals surface area contributed by atoms with Gasteiger partial charge in [-0.2, -0.15) is 0 Å². The van der Waals surface area contributed by atoms with Crippen LogP contribution in [-0.2, 0) is 29.1 Å². The number of hydrogen-bond acceptors (Lipinski definition) is 7. The molecule has 0 aliphatic carbocycles. The SMILES string of the molecule is COC(=O)C1CCN(C(=O)COC(=O)c2ccc(C)c(S(=O)(=O)Nc3ccc(C)cc3)c2)CC1. The third kappa shape index (κ3) is 6.13. The molecule has 2 aromatic rings. The minimum absolute atomic E-state index is 0.0204. The first-order chi connectivity index (χ1) is 16.1. The summed E-state index contributed by atoms with van der Waals surface area (Å²) in [6.45, 7) is 3.79. The monoisotopic (exact) mass is 488 g/mol. The van der Waals surface area contributed by atoms with Gasteiger partial charge in [-0.3, -0.25) is 14.3 Å². The van der Waals surface area contributed by atoms with Crippen LogP contribution < -0.4 is 4.72 Å². The van der Waals surface area contributed by atoms with Crippen LogP contribution in [0.1, 0.15) is 34.3 Å². The number of likely N-dealkylation sites (tertiary alicyclic amines) is 1. The first kappa shape index (κ1) is 25.2. The summed E-state index contributed by atoms with van der Waals surface area (Å²) in [5.41, 5.74) is 1.87. The fourth-order valence-corrected chi connectivity index (χ4v) is 5.01. The van der Waals surface area contributed by atoms with Gasteiger partial charge in [0.2, 0.25) is 0 Å². The summed E-state index contributed by atoms with van der Waals surface area (Å²) in [7, 11) is -2.61. The maximum atomic E-state index is 12.9. The molecule has 1 heterocycles. The Bertz CT molecular complexity index is 1170. The van der Waals surface area contributed by atoms with Gasteiger partial charge in [0.05, 0.1) is 23.5 Å². The van der Waals surface area contributed by atoms with Crippen molar-refractivity contribution < 1.29 is 32.3 Å². The van der Waals surface area contributed by atoms with Crippen molar-refractivity contribution in [3.8, 4) is 0 Å². The lowest BCUT2D eigenvalue weighted by Gasteiger charge is -2.30. The van der Waals surface area contributed by atoms with Gasteiger partial charge >= 0.3 is 11.9 Å². The van der Waals surface area contributed by atoms with Crippen molar-refractivity contribution in [2.75, 3.05) is 31.5 Å². The fourth-order valence-electron chi connectivity index (χ4n) is 3.68. The Morgan fingerprint density at radius 3 is 2.29 bits per heavy atom. The Morgan fingerprint density at radius 1 is 1.03 bits per heavy atom. The topological polar surface area (TPSA) is 119 Å². The lowest BCUT2D eigenvalue weighted by molar-refractivity contribution is -0.149. The van der Waals surface area contributed by atoms with E-state index < -0.39 is 22.6 Å². The van der Waals surface area contributed by atoms with E-state index in [4.69, 9.17) is 9.47 Å². The summed E-state index contributed by atoms with van der Waals surface area (Å²) in [4.78, 5) is 38.0. The maximum Gasteiger partial charge on any atom is 0.338 e. The summed E-state index contributed by atoms with van der Waals surface area (Å²) in [5, 5.41) is 0. The van der Waals surface area contributed by atoms with Gasteiger partial charge in [-0.25, -0.2) is 13.2 Å². The maximum absolute atomic E-state index is 12.9. The van der Waals surface area contributed by atoms with Gasteiger partial charge in [0.1, 0.15) is 0 Å². The van der Waals surface area contributed by atoms with Crippen molar-refractivity contribution in [3.63, 3.8) is 0 Å². The van der Waals surface area contributed by atoms with E-state index in [0.717, 1.165) is 5.56 Å². The molecule has 0 saturated carbocycles. The Morgan fingerprint density at radius 2 is 1.68 bits per heavy atom. The van der Waals surface area contributed by atoms with Gasteiger partial charge in [0.25, 0.3) is 15.9 Å². The van der Waals surface area contributed by atoms with Gasteiger partial charge in [-0.05, 0) is 56.5 Å². The first-order valence-corrected chi connectivity index (χ1v) is 12.3. The van der Waals surface area contributed by atoms with Gasteiger partial charge in [0, 0.05) is 18.8 Å². The molecule has 10 heteroatoms. The second-order valence-corrected chi connectivity index (χ2v) is 9.86. The molecule has 1 aliphatic rings. The standard InChI is InChI=1S/C24H28N2O7S/c1-16-4-8-20(9-5-16)25-34(30,31)21-14-19(7-6-17(21)2)24(29)33-15-22(27)26-12-10-18(11-13-26)23(28)32-3/h4-9,14,18,25H,10-13,15H2,1-3H3. The number of methoxy groups -OCH3 is 1. The van der Waals surface area contributed by atoms with Crippen molar-refractivity contribution in [2.45, 2.75) is 31.6 Å². The molecule has 1 aliphatic heterocycles. The number of ether oxygens (including phenoxy) is 2. The highest BCUT2D eigenvalue weighted by Gasteiger charge is 2.28. The smallest absolute Gasteiger partial charge is 0.338 e. The Kier molecular flexibility index (Phi) is 7.93. The van der Waals surface area contributed by atoms with Crippen molar-refractivity contribution >= 4 is 33.6 Å². The summed E-state index contributed by atoms with van der Waals surface area (Å²) in [6.07, 6.45) is 0.971. The third-order valence-electron chi connectivity index (χ3n) is 5.73. The molecule has 0 spiro atoms. The van der Waals surface area contributed by atoms with Crippen LogP contribution in [0.15, 0.2) is 47.4 Å². The molecule has 2 aromatic carbocycles. The number of aryl methyl sites for hydroxylation is 2. The lowest BCUT2D eigenvalue weighted by Crippen LogP contribution is -2.42. The van der Waals surface area contributed by atoms with Crippen LogP contribution in [0.25, 0.3) is 0 Å². The number of esters is 2. The van der Waals surface area contributed by atoms with E-state index in [1.807, 2.05) is 6.92 Å². The van der Waals surface area contributed by atoms with Gasteiger partial charge in [0.15, 0.2) is 6.61 Å². The van der Waals surface area contributed by atoms with Crippen LogP contribution in [0.5, 0.6) is 0 Å². The highest BCUT2D eigenvalue weighted by atomic mass is 32.2. The van der Waals surface area contributed by atoms with Crippen molar-refractivity contribution in [2.24, 2.45) is 5.92 Å². The Balaban J connectivity index is 1.62. The van der Waals surface area contributed by atoms with E-state index in [9.17, 15) is 22.8 Å². The van der Waals surface area contributed by atoms with Crippen LogP contribution in [-0.4, -0.2) is 58.0 Å². The molecular formula is C24H28N2O7S. The molecule has 0 aromatic heterocycles. The van der Waals surface area contributed by atoms with Crippen molar-refractivity contribution in [3.05, 3.63) is 59.2 Å². The number of rotatable bonds is 7. The number of carbonyl (C=O) groups excluding carboxylic acids is 3. The number of anilines is 1. The molecule has 0 bridgehead atoms. The molecule has 1 saturated heterocycles. The highest BCUT2D eigenvalue weighted by molar-refractivity contribution is 7.92. The predicted octanol–water partition coefficient (Wildman–Crippen LogP) is 2.67. The number of nitrogens with one attached hydrogen (secondary N) is 1.